The van der Waals surface area contributed by atoms with E-state index in [4.69, 9.17) is 5.73 Å². The number of carboxylic acids is 1. The number of rotatable bonds is 14. The summed E-state index contributed by atoms with van der Waals surface area (Å²) >= 11 is 4.02. The number of phenolic OH excluding ortho intramolecular Hbond substituents is 1. The average Bonchev–Trinajstić information content (AvgIpc) is 2.88. The number of nitrogens with two attached hydrogens (primary N) is 1. The van der Waals surface area contributed by atoms with Crippen molar-refractivity contribution < 1.29 is 29.4 Å². The molecule has 0 aliphatic rings. The maximum Gasteiger partial charge on any atom is 0.326 e. The summed E-state index contributed by atoms with van der Waals surface area (Å²) in [6.07, 6.45) is 0.361. The van der Waals surface area contributed by atoms with Crippen molar-refractivity contribution >= 4 is 36.3 Å². The van der Waals surface area contributed by atoms with E-state index < -0.39 is 47.9 Å². The van der Waals surface area contributed by atoms with Crippen LogP contribution in [0.5, 0.6) is 5.75 Å². The highest BCUT2D eigenvalue weighted by molar-refractivity contribution is 7.80. The zero-order valence-electron chi connectivity index (χ0n) is 21.5. The van der Waals surface area contributed by atoms with Crippen LogP contribution in [-0.4, -0.2) is 63.8 Å². The molecule has 0 radical (unpaired) electrons. The van der Waals surface area contributed by atoms with Gasteiger partial charge >= 0.3 is 5.97 Å². The quantitative estimate of drug-likeness (QED) is 0.174. The van der Waals surface area contributed by atoms with Crippen molar-refractivity contribution in [1.82, 2.24) is 16.0 Å². The number of amides is 3. The molecule has 206 valence electrons. The molecular weight excluding hydrogens is 508 g/mol. The van der Waals surface area contributed by atoms with Crippen LogP contribution in [-0.2, 0) is 32.0 Å². The van der Waals surface area contributed by atoms with Crippen LogP contribution in [0.3, 0.4) is 0 Å². The van der Waals surface area contributed by atoms with Gasteiger partial charge in [0.2, 0.25) is 17.7 Å². The fraction of sp³-hybridized carbons (Fsp3) is 0.407. The number of nitrogens with one attached hydrogen (secondary N) is 3. The van der Waals surface area contributed by atoms with Gasteiger partial charge in [0, 0.05) is 18.6 Å². The number of hydrogen-bond donors (Lipinski definition) is 7. The van der Waals surface area contributed by atoms with Crippen LogP contribution in [0.2, 0.25) is 0 Å². The van der Waals surface area contributed by atoms with Crippen LogP contribution in [0.1, 0.15) is 31.4 Å². The SMILES string of the molecule is CC(C)CC(NC(=O)C(N)CS)C(=O)NC(Cc1ccc(O)cc1)C(=O)NC(Cc1ccccc1)C(=O)O. The Kier molecular flexibility index (Phi) is 12.1. The fourth-order valence-electron chi connectivity index (χ4n) is 3.74. The van der Waals surface area contributed by atoms with E-state index >= 15 is 0 Å². The van der Waals surface area contributed by atoms with Crippen LogP contribution < -0.4 is 21.7 Å². The first-order valence-electron chi connectivity index (χ1n) is 12.3. The third kappa shape index (κ3) is 10.1. The largest absolute Gasteiger partial charge is 0.508 e. The first kappa shape index (κ1) is 30.7. The maximum atomic E-state index is 13.3. The predicted octanol–water partition coefficient (Wildman–Crippen LogP) is 1.02. The lowest BCUT2D eigenvalue weighted by Gasteiger charge is -2.26. The van der Waals surface area contributed by atoms with Gasteiger partial charge in [-0.15, -0.1) is 0 Å². The van der Waals surface area contributed by atoms with Gasteiger partial charge in [-0.3, -0.25) is 14.4 Å². The molecule has 4 unspecified atom stereocenters. The third-order valence-electron chi connectivity index (χ3n) is 5.78. The fourth-order valence-corrected chi connectivity index (χ4v) is 3.90. The smallest absolute Gasteiger partial charge is 0.326 e. The van der Waals surface area contributed by atoms with Crippen LogP contribution >= 0.6 is 12.6 Å². The van der Waals surface area contributed by atoms with E-state index in [2.05, 4.69) is 28.6 Å². The van der Waals surface area contributed by atoms with Crippen molar-refractivity contribution in [2.24, 2.45) is 11.7 Å². The van der Waals surface area contributed by atoms with E-state index in [9.17, 15) is 29.4 Å². The Labute approximate surface area is 227 Å². The van der Waals surface area contributed by atoms with Gasteiger partial charge in [-0.2, -0.15) is 12.6 Å². The van der Waals surface area contributed by atoms with E-state index in [1.807, 2.05) is 13.8 Å². The topological polar surface area (TPSA) is 171 Å². The first-order chi connectivity index (χ1) is 18.0. The zero-order chi connectivity index (χ0) is 28.2. The second-order valence-corrected chi connectivity index (χ2v) is 9.87. The highest BCUT2D eigenvalue weighted by Gasteiger charge is 2.31. The molecule has 0 spiro atoms. The van der Waals surface area contributed by atoms with Crippen molar-refractivity contribution in [3.05, 3.63) is 65.7 Å². The number of benzene rings is 2. The normalized spacial score (nSPS) is 14.1. The molecule has 2 aromatic carbocycles. The molecule has 11 heteroatoms. The molecule has 0 bridgehead atoms. The lowest BCUT2D eigenvalue weighted by atomic mass is 10.00. The van der Waals surface area contributed by atoms with Gasteiger partial charge in [0.25, 0.3) is 0 Å². The summed E-state index contributed by atoms with van der Waals surface area (Å²) in [5.74, 6) is -2.91. The van der Waals surface area contributed by atoms with Gasteiger partial charge in [0.1, 0.15) is 23.9 Å². The van der Waals surface area contributed by atoms with E-state index in [0.717, 1.165) is 5.56 Å². The number of hydrogen-bond acceptors (Lipinski definition) is 7. The Hall–Kier alpha value is -3.57. The molecule has 0 aliphatic heterocycles. The highest BCUT2D eigenvalue weighted by atomic mass is 32.1. The molecule has 2 rings (SSSR count). The Morgan fingerprint density at radius 2 is 1.29 bits per heavy atom. The van der Waals surface area contributed by atoms with Crippen LogP contribution in [0.25, 0.3) is 0 Å². The lowest BCUT2D eigenvalue weighted by Crippen LogP contribution is -2.58. The van der Waals surface area contributed by atoms with E-state index in [1.165, 1.54) is 12.1 Å². The molecule has 0 heterocycles. The highest BCUT2D eigenvalue weighted by Crippen LogP contribution is 2.13. The van der Waals surface area contributed by atoms with Crippen LogP contribution in [0, 0.1) is 5.92 Å². The molecule has 0 fully saturated rings. The minimum atomic E-state index is -1.23. The van der Waals surface area contributed by atoms with Gasteiger partial charge in [0.05, 0.1) is 6.04 Å². The van der Waals surface area contributed by atoms with Gasteiger partial charge in [-0.05, 0) is 35.6 Å². The van der Waals surface area contributed by atoms with Gasteiger partial charge in [-0.25, -0.2) is 4.79 Å². The van der Waals surface area contributed by atoms with Crippen molar-refractivity contribution in [2.75, 3.05) is 5.75 Å². The Morgan fingerprint density at radius 1 is 0.789 bits per heavy atom. The van der Waals surface area contributed by atoms with Gasteiger partial charge in [-0.1, -0.05) is 56.3 Å². The second kappa shape index (κ2) is 15.0. The minimum absolute atomic E-state index is 0.0219. The van der Waals surface area contributed by atoms with Crippen LogP contribution in [0.15, 0.2) is 54.6 Å². The number of aliphatic carboxylic acids is 1. The molecule has 0 aromatic heterocycles. The molecular formula is C27H36N4O6S. The number of phenols is 1. The van der Waals surface area contributed by atoms with Crippen molar-refractivity contribution in [1.29, 1.82) is 0 Å². The zero-order valence-corrected chi connectivity index (χ0v) is 22.4. The number of thiol groups is 1. The molecule has 0 aliphatic carbocycles. The second-order valence-electron chi connectivity index (χ2n) is 9.50. The summed E-state index contributed by atoms with van der Waals surface area (Å²) in [7, 11) is 0. The molecule has 2 aromatic rings. The Balaban J connectivity index is 2.27. The molecule has 38 heavy (non-hydrogen) atoms. The average molecular weight is 545 g/mol. The van der Waals surface area contributed by atoms with Crippen molar-refractivity contribution in [3.8, 4) is 5.75 Å². The number of carbonyl (C=O) groups is 4. The van der Waals surface area contributed by atoms with Crippen molar-refractivity contribution in [2.45, 2.75) is 57.3 Å². The first-order valence-corrected chi connectivity index (χ1v) is 13.0. The summed E-state index contributed by atoms with van der Waals surface area (Å²) < 4.78 is 0. The van der Waals surface area contributed by atoms with E-state index in [1.54, 1.807) is 42.5 Å². The summed E-state index contributed by atoms with van der Waals surface area (Å²) in [6, 6.07) is 10.7. The van der Waals surface area contributed by atoms with E-state index in [-0.39, 0.29) is 36.7 Å². The summed E-state index contributed by atoms with van der Waals surface area (Å²) in [4.78, 5) is 50.9. The molecule has 7 N–H and O–H groups in total. The van der Waals surface area contributed by atoms with Gasteiger partial charge in [0.15, 0.2) is 0 Å². The number of carboxylic acid groups (broad SMARTS) is 1. The molecule has 4 atom stereocenters. The molecule has 0 saturated carbocycles. The monoisotopic (exact) mass is 544 g/mol. The summed E-state index contributed by atoms with van der Waals surface area (Å²) in [6.45, 7) is 3.76. The Bertz CT molecular complexity index is 1080. The minimum Gasteiger partial charge on any atom is -0.508 e. The lowest BCUT2D eigenvalue weighted by molar-refractivity contribution is -0.142. The maximum absolute atomic E-state index is 13.3. The number of aromatic hydroxyl groups is 1. The van der Waals surface area contributed by atoms with Crippen LogP contribution in [0.4, 0.5) is 0 Å². The number of carbonyl (C=O) groups excluding carboxylic acids is 3. The molecule has 10 nitrogen and oxygen atoms in total. The summed E-state index contributed by atoms with van der Waals surface area (Å²) in [5.41, 5.74) is 7.09. The van der Waals surface area contributed by atoms with E-state index in [0.29, 0.717) is 5.56 Å². The van der Waals surface area contributed by atoms with Gasteiger partial charge < -0.3 is 31.9 Å². The molecule has 0 saturated heterocycles. The molecule has 3 amide bonds. The third-order valence-corrected chi connectivity index (χ3v) is 6.17. The summed E-state index contributed by atoms with van der Waals surface area (Å²) in [5, 5.41) is 27.2. The predicted molar refractivity (Wildman–Crippen MR) is 147 cm³/mol. The van der Waals surface area contributed by atoms with Crippen molar-refractivity contribution in [3.63, 3.8) is 0 Å². The Morgan fingerprint density at radius 3 is 1.84 bits per heavy atom. The standard InChI is InChI=1S/C27H36N4O6S/c1-16(2)12-21(29-24(33)20(28)15-38)25(34)30-22(13-18-8-10-19(32)11-9-18)26(35)31-23(27(36)37)14-17-6-4-3-5-7-17/h3-11,16,20-23,32,38H,12-15,28H2,1-2H3,(H,29,33)(H,30,34)(H,31,35)(H,36,37).